The molecule has 12 heteroatoms. The first-order chi connectivity index (χ1) is 13.9. The molecule has 0 radical (unpaired) electrons. The Morgan fingerprint density at radius 1 is 1.27 bits per heavy atom. The Hall–Kier alpha value is -2.11. The van der Waals surface area contributed by atoms with Gasteiger partial charge in [0.1, 0.15) is 9.91 Å². The highest BCUT2D eigenvalue weighted by Gasteiger charge is 2.31. The second-order valence-electron chi connectivity index (χ2n) is 6.26. The molecular weight excluding hydrogens is 513 g/mol. The van der Waals surface area contributed by atoms with E-state index >= 15 is 0 Å². The molecule has 0 N–H and O–H groups in total. The van der Waals surface area contributed by atoms with Crippen molar-refractivity contribution in [2.24, 2.45) is 0 Å². The minimum Gasteiger partial charge on any atom is -0.406 e. The molecule has 0 saturated carbocycles. The molecule has 0 aliphatic heterocycles. The van der Waals surface area contributed by atoms with Gasteiger partial charge in [-0.1, -0.05) is 39.7 Å². The lowest BCUT2D eigenvalue weighted by atomic mass is 10.2. The summed E-state index contributed by atoms with van der Waals surface area (Å²) in [6.07, 6.45) is -3.76. The van der Waals surface area contributed by atoms with Gasteiger partial charge in [-0.3, -0.25) is 9.36 Å². The van der Waals surface area contributed by atoms with Crippen LogP contribution in [0.25, 0.3) is 10.9 Å². The second-order valence-corrected chi connectivity index (χ2v) is 10.9. The van der Waals surface area contributed by atoms with Crippen molar-refractivity contribution in [3.8, 4) is 5.75 Å². The molecule has 1 aromatic heterocycles. The molecule has 0 amide bonds. The largest absolute Gasteiger partial charge is 0.573 e. The Bertz CT molecular complexity index is 1280. The highest BCUT2D eigenvalue weighted by molar-refractivity contribution is 9.11. The van der Waals surface area contributed by atoms with Crippen LogP contribution in [0.15, 0.2) is 52.4 Å². The molecule has 160 valence electrons. The molecule has 0 bridgehead atoms. The fourth-order valence-corrected chi connectivity index (χ4v) is 4.58. The number of fused-ring (bicyclic) bond motifs is 1. The summed E-state index contributed by atoms with van der Waals surface area (Å²) in [7, 11) is -3.59. The number of rotatable bonds is 5. The molecule has 0 fully saturated rings. The van der Waals surface area contributed by atoms with Crippen LogP contribution in [0.2, 0.25) is 5.02 Å². The zero-order chi connectivity index (χ0) is 22.3. The van der Waals surface area contributed by atoms with Gasteiger partial charge in [0.2, 0.25) is 0 Å². The molecular formula is C18H13BrClF3N2O4S. The Kier molecular flexibility index (Phi) is 6.17. The highest BCUT2D eigenvalue weighted by Crippen LogP contribution is 2.30. The standard InChI is InChI=1S/C18H13BrClF3N2O4S/c1-10(19)30(27,28)13-4-2-3-11(5-13)8-25-9-24-16-14(17(25)26)6-12(7-15(16)20)29-18(21,22)23/h2-7,9-10H,8H2,1H3. The van der Waals surface area contributed by atoms with Crippen LogP contribution >= 0.6 is 27.5 Å². The van der Waals surface area contributed by atoms with E-state index in [2.05, 4.69) is 25.7 Å². The molecule has 30 heavy (non-hydrogen) atoms. The molecule has 0 saturated heterocycles. The maximum atomic E-state index is 12.8. The van der Waals surface area contributed by atoms with Gasteiger partial charge in [-0.05, 0) is 30.7 Å². The zero-order valence-electron chi connectivity index (χ0n) is 15.2. The number of hydrogen-bond donors (Lipinski definition) is 0. The van der Waals surface area contributed by atoms with E-state index in [9.17, 15) is 26.4 Å². The third-order valence-corrected chi connectivity index (χ3v) is 7.63. The Balaban J connectivity index is 2.04. The second kappa shape index (κ2) is 8.20. The molecule has 3 aromatic rings. The summed E-state index contributed by atoms with van der Waals surface area (Å²) >= 11 is 8.99. The van der Waals surface area contributed by atoms with Crippen molar-refractivity contribution in [3.63, 3.8) is 0 Å². The summed E-state index contributed by atoms with van der Waals surface area (Å²) < 4.78 is 66.4. The van der Waals surface area contributed by atoms with E-state index in [0.717, 1.165) is 16.7 Å². The number of halogens is 5. The van der Waals surface area contributed by atoms with Crippen LogP contribution in [0.3, 0.4) is 0 Å². The van der Waals surface area contributed by atoms with Crippen molar-refractivity contribution in [3.05, 3.63) is 63.7 Å². The molecule has 0 spiro atoms. The van der Waals surface area contributed by atoms with Crippen LogP contribution in [-0.4, -0.2) is 28.5 Å². The van der Waals surface area contributed by atoms with Crippen molar-refractivity contribution in [2.45, 2.75) is 28.9 Å². The molecule has 1 unspecified atom stereocenters. The molecule has 0 aliphatic carbocycles. The van der Waals surface area contributed by atoms with Gasteiger partial charge in [0.25, 0.3) is 5.56 Å². The maximum absolute atomic E-state index is 12.8. The summed E-state index contributed by atoms with van der Waals surface area (Å²) in [5.41, 5.74) is -0.144. The summed E-state index contributed by atoms with van der Waals surface area (Å²) in [5.74, 6) is -0.643. The first kappa shape index (κ1) is 22.6. The van der Waals surface area contributed by atoms with Gasteiger partial charge >= 0.3 is 6.36 Å². The van der Waals surface area contributed by atoms with Crippen molar-refractivity contribution < 1.29 is 26.3 Å². The van der Waals surface area contributed by atoms with Gasteiger partial charge in [0, 0.05) is 6.07 Å². The van der Waals surface area contributed by atoms with Crippen molar-refractivity contribution in [1.82, 2.24) is 9.55 Å². The fraction of sp³-hybridized carbons (Fsp3) is 0.222. The minimum atomic E-state index is -4.95. The lowest BCUT2D eigenvalue weighted by Crippen LogP contribution is -2.22. The number of benzene rings is 2. The van der Waals surface area contributed by atoms with Crippen LogP contribution in [0, 0.1) is 0 Å². The number of alkyl halides is 4. The molecule has 1 atom stereocenters. The third kappa shape index (κ3) is 4.79. The molecule has 0 aliphatic rings. The van der Waals surface area contributed by atoms with E-state index < -0.39 is 31.7 Å². The quantitative estimate of drug-likeness (QED) is 0.458. The SMILES string of the molecule is CC(Br)S(=O)(=O)c1cccc(Cn2cnc3c(Cl)cc(OC(F)(F)F)cc3c2=O)c1. The van der Waals surface area contributed by atoms with Crippen LogP contribution in [-0.2, 0) is 16.4 Å². The maximum Gasteiger partial charge on any atom is 0.573 e. The predicted molar refractivity (Wildman–Crippen MR) is 109 cm³/mol. The number of sulfone groups is 1. The van der Waals surface area contributed by atoms with Crippen molar-refractivity contribution in [2.75, 3.05) is 0 Å². The normalized spacial score (nSPS) is 13.4. The Morgan fingerprint density at radius 3 is 2.60 bits per heavy atom. The number of ether oxygens (including phenoxy) is 1. The first-order valence-corrected chi connectivity index (χ1v) is 11.1. The van der Waals surface area contributed by atoms with Gasteiger partial charge < -0.3 is 4.74 Å². The molecule has 2 aromatic carbocycles. The lowest BCUT2D eigenvalue weighted by molar-refractivity contribution is -0.274. The lowest BCUT2D eigenvalue weighted by Gasteiger charge is -2.12. The van der Waals surface area contributed by atoms with Crippen LogP contribution < -0.4 is 10.3 Å². The topological polar surface area (TPSA) is 78.3 Å². The van der Waals surface area contributed by atoms with Crippen molar-refractivity contribution in [1.29, 1.82) is 0 Å². The fourth-order valence-electron chi connectivity index (χ4n) is 2.71. The number of hydrogen-bond acceptors (Lipinski definition) is 5. The summed E-state index contributed by atoms with van der Waals surface area (Å²) in [5, 5.41) is -0.336. The van der Waals surface area contributed by atoms with Gasteiger partial charge in [0.15, 0.2) is 9.84 Å². The third-order valence-electron chi connectivity index (χ3n) is 4.10. The Morgan fingerprint density at radius 2 is 1.97 bits per heavy atom. The monoisotopic (exact) mass is 524 g/mol. The van der Waals surface area contributed by atoms with Gasteiger partial charge in [0.05, 0.1) is 33.7 Å². The number of nitrogens with zero attached hydrogens (tertiary/aromatic N) is 2. The van der Waals surface area contributed by atoms with Gasteiger partial charge in [-0.25, -0.2) is 13.4 Å². The highest BCUT2D eigenvalue weighted by atomic mass is 79.9. The first-order valence-electron chi connectivity index (χ1n) is 8.30. The zero-order valence-corrected chi connectivity index (χ0v) is 18.3. The van der Waals surface area contributed by atoms with Crippen LogP contribution in [0.1, 0.15) is 12.5 Å². The van der Waals surface area contributed by atoms with Gasteiger partial charge in [-0.2, -0.15) is 0 Å². The Labute approximate surface area is 182 Å². The van der Waals surface area contributed by atoms with Crippen molar-refractivity contribution >= 4 is 48.3 Å². The van der Waals surface area contributed by atoms with Gasteiger partial charge in [-0.15, -0.1) is 13.2 Å². The summed E-state index contributed by atoms with van der Waals surface area (Å²) in [6.45, 7) is 1.42. The van der Waals surface area contributed by atoms with E-state index in [4.69, 9.17) is 11.6 Å². The molecule has 6 nitrogen and oxygen atoms in total. The molecule has 3 rings (SSSR count). The summed E-state index contributed by atoms with van der Waals surface area (Å²) in [6, 6.07) is 7.82. The van der Waals surface area contributed by atoms with E-state index in [0.29, 0.717) is 5.56 Å². The average molecular weight is 526 g/mol. The summed E-state index contributed by atoms with van der Waals surface area (Å²) in [4.78, 5) is 16.9. The van der Waals surface area contributed by atoms with E-state index in [-0.39, 0.29) is 27.4 Å². The molecule has 1 heterocycles. The van der Waals surface area contributed by atoms with Crippen LogP contribution in [0.4, 0.5) is 13.2 Å². The van der Waals surface area contributed by atoms with E-state index in [1.165, 1.54) is 31.5 Å². The number of aromatic nitrogens is 2. The predicted octanol–water partition coefficient (Wildman–Crippen LogP) is 4.51. The minimum absolute atomic E-state index is 0.0249. The average Bonchev–Trinajstić information content (AvgIpc) is 2.63. The van der Waals surface area contributed by atoms with Crippen LogP contribution in [0.5, 0.6) is 5.75 Å². The van der Waals surface area contributed by atoms with E-state index in [1.54, 1.807) is 6.07 Å². The smallest absolute Gasteiger partial charge is 0.406 e. The van der Waals surface area contributed by atoms with E-state index in [1.807, 2.05) is 0 Å².